The van der Waals surface area contributed by atoms with Gasteiger partial charge in [-0.05, 0) is 60.7 Å². The standard InChI is InChI=1S/C21H13ClN2O4S2/c22-16-4-2-1-3-15(16)17-10-9-14(28-17)11-18-19(25)24(21(29)30-18)23-13-7-5-12(6-8-13)20(26)27/h1-11,23H,(H,26,27). The molecule has 0 atom stereocenters. The quantitative estimate of drug-likeness (QED) is 0.386. The minimum Gasteiger partial charge on any atom is -0.478 e. The topological polar surface area (TPSA) is 82.8 Å². The Morgan fingerprint density at radius 3 is 2.57 bits per heavy atom. The van der Waals surface area contributed by atoms with E-state index in [1.807, 2.05) is 18.2 Å². The van der Waals surface area contributed by atoms with Crippen LogP contribution in [0.3, 0.4) is 0 Å². The van der Waals surface area contributed by atoms with Crippen molar-refractivity contribution in [3.8, 4) is 11.3 Å². The van der Waals surface area contributed by atoms with Gasteiger partial charge in [0.1, 0.15) is 11.5 Å². The molecule has 0 unspecified atom stereocenters. The van der Waals surface area contributed by atoms with Gasteiger partial charge in [-0.15, -0.1) is 0 Å². The number of amides is 1. The van der Waals surface area contributed by atoms with Crippen LogP contribution in [0, 0.1) is 0 Å². The second-order valence-electron chi connectivity index (χ2n) is 6.19. The van der Waals surface area contributed by atoms with Crippen molar-refractivity contribution in [1.82, 2.24) is 5.01 Å². The van der Waals surface area contributed by atoms with Crippen molar-refractivity contribution in [2.75, 3.05) is 5.43 Å². The Balaban J connectivity index is 1.52. The first kappa shape index (κ1) is 20.2. The number of hydrogen-bond acceptors (Lipinski definition) is 6. The molecule has 0 aliphatic carbocycles. The number of hydrazine groups is 1. The van der Waals surface area contributed by atoms with Crippen LogP contribution in [0.25, 0.3) is 17.4 Å². The smallest absolute Gasteiger partial charge is 0.335 e. The lowest BCUT2D eigenvalue weighted by Gasteiger charge is -2.17. The lowest BCUT2D eigenvalue weighted by atomic mass is 10.2. The summed E-state index contributed by atoms with van der Waals surface area (Å²) in [6.45, 7) is 0. The minimum atomic E-state index is -1.02. The molecule has 30 heavy (non-hydrogen) atoms. The minimum absolute atomic E-state index is 0.151. The predicted octanol–water partition coefficient (Wildman–Crippen LogP) is 5.53. The summed E-state index contributed by atoms with van der Waals surface area (Å²) in [5.41, 5.74) is 4.35. The Bertz CT molecular complexity index is 1190. The molecule has 0 radical (unpaired) electrons. The zero-order chi connectivity index (χ0) is 21.3. The third-order valence-electron chi connectivity index (χ3n) is 4.21. The molecule has 1 amide bonds. The maximum absolute atomic E-state index is 12.8. The number of anilines is 1. The van der Waals surface area contributed by atoms with Crippen molar-refractivity contribution in [2.24, 2.45) is 0 Å². The first-order valence-electron chi connectivity index (χ1n) is 8.65. The summed E-state index contributed by atoms with van der Waals surface area (Å²) < 4.78 is 6.15. The fraction of sp³-hybridized carbons (Fsp3) is 0. The van der Waals surface area contributed by atoms with E-state index < -0.39 is 5.97 Å². The summed E-state index contributed by atoms with van der Waals surface area (Å²) in [6, 6.07) is 16.9. The van der Waals surface area contributed by atoms with E-state index in [9.17, 15) is 9.59 Å². The van der Waals surface area contributed by atoms with Crippen LogP contribution in [-0.4, -0.2) is 26.3 Å². The van der Waals surface area contributed by atoms with Gasteiger partial charge in [0.2, 0.25) is 0 Å². The Morgan fingerprint density at radius 2 is 1.87 bits per heavy atom. The summed E-state index contributed by atoms with van der Waals surface area (Å²) in [7, 11) is 0. The highest BCUT2D eigenvalue weighted by Crippen LogP contribution is 2.35. The van der Waals surface area contributed by atoms with E-state index in [2.05, 4.69) is 5.43 Å². The van der Waals surface area contributed by atoms with Crippen LogP contribution in [0.1, 0.15) is 16.1 Å². The molecule has 3 aromatic rings. The van der Waals surface area contributed by atoms with Crippen molar-refractivity contribution in [2.45, 2.75) is 0 Å². The number of hydrogen-bond donors (Lipinski definition) is 2. The van der Waals surface area contributed by atoms with E-state index >= 15 is 0 Å². The number of aromatic carboxylic acids is 1. The zero-order valence-electron chi connectivity index (χ0n) is 15.2. The van der Waals surface area contributed by atoms with Gasteiger partial charge in [-0.25, -0.2) is 9.80 Å². The van der Waals surface area contributed by atoms with Gasteiger partial charge in [-0.1, -0.05) is 35.5 Å². The summed E-state index contributed by atoms with van der Waals surface area (Å²) in [5, 5.41) is 10.8. The fourth-order valence-electron chi connectivity index (χ4n) is 2.75. The number of carboxylic acids is 1. The van der Waals surface area contributed by atoms with Gasteiger partial charge in [-0.2, -0.15) is 0 Å². The number of furan rings is 1. The second-order valence-corrected chi connectivity index (χ2v) is 8.28. The van der Waals surface area contributed by atoms with Crippen LogP contribution < -0.4 is 5.43 Å². The highest BCUT2D eigenvalue weighted by atomic mass is 35.5. The average Bonchev–Trinajstić information content (AvgIpc) is 3.29. The maximum Gasteiger partial charge on any atom is 0.335 e. The lowest BCUT2D eigenvalue weighted by molar-refractivity contribution is -0.121. The number of nitrogens with zero attached hydrogens (tertiary/aromatic N) is 1. The number of nitrogens with one attached hydrogen (secondary N) is 1. The van der Waals surface area contributed by atoms with E-state index in [4.69, 9.17) is 33.3 Å². The average molecular weight is 457 g/mol. The molecule has 1 fully saturated rings. The number of thiocarbonyl (C=S) groups is 1. The number of rotatable bonds is 5. The number of benzene rings is 2. The lowest BCUT2D eigenvalue weighted by Crippen LogP contribution is -2.33. The molecule has 150 valence electrons. The van der Waals surface area contributed by atoms with Gasteiger partial charge in [0.25, 0.3) is 5.91 Å². The van der Waals surface area contributed by atoms with Gasteiger partial charge in [-0.3, -0.25) is 10.2 Å². The van der Waals surface area contributed by atoms with E-state index in [0.29, 0.717) is 31.5 Å². The zero-order valence-corrected chi connectivity index (χ0v) is 17.6. The Kier molecular flexibility index (Phi) is 5.63. The van der Waals surface area contributed by atoms with E-state index in [-0.39, 0.29) is 11.5 Å². The highest BCUT2D eigenvalue weighted by Gasteiger charge is 2.33. The molecular weight excluding hydrogens is 444 g/mol. The predicted molar refractivity (Wildman–Crippen MR) is 121 cm³/mol. The van der Waals surface area contributed by atoms with E-state index in [1.54, 1.807) is 36.4 Å². The van der Waals surface area contributed by atoms with Crippen molar-refractivity contribution < 1.29 is 19.1 Å². The molecule has 0 spiro atoms. The van der Waals surface area contributed by atoms with Crippen LogP contribution in [0.4, 0.5) is 5.69 Å². The van der Waals surface area contributed by atoms with Gasteiger partial charge >= 0.3 is 5.97 Å². The molecule has 2 heterocycles. The van der Waals surface area contributed by atoms with Crippen LogP contribution >= 0.6 is 35.6 Å². The van der Waals surface area contributed by atoms with Gasteiger partial charge < -0.3 is 9.52 Å². The fourth-order valence-corrected chi connectivity index (χ4v) is 4.13. The van der Waals surface area contributed by atoms with Crippen LogP contribution in [0.15, 0.2) is 70.0 Å². The summed E-state index contributed by atoms with van der Waals surface area (Å²) in [4.78, 5) is 24.1. The Labute approximate surface area is 186 Å². The Morgan fingerprint density at radius 1 is 1.13 bits per heavy atom. The third kappa shape index (κ3) is 4.11. The molecule has 6 nitrogen and oxygen atoms in total. The van der Waals surface area contributed by atoms with Crippen molar-refractivity contribution >= 4 is 63.5 Å². The molecule has 0 saturated carbocycles. The second kappa shape index (κ2) is 8.35. The van der Waals surface area contributed by atoms with E-state index in [0.717, 1.165) is 17.3 Å². The Hall–Kier alpha value is -3.07. The van der Waals surface area contributed by atoms with E-state index in [1.165, 1.54) is 17.1 Å². The number of halogens is 1. The summed E-state index contributed by atoms with van der Waals surface area (Å²) >= 11 is 12.6. The van der Waals surface area contributed by atoms with Crippen molar-refractivity contribution in [1.29, 1.82) is 0 Å². The normalized spacial score (nSPS) is 15.1. The van der Waals surface area contributed by atoms with Crippen molar-refractivity contribution in [3.05, 3.63) is 81.9 Å². The number of carbonyl (C=O) groups excluding carboxylic acids is 1. The number of carboxylic acid groups (broad SMARTS) is 1. The van der Waals surface area contributed by atoms with Crippen LogP contribution in [0.5, 0.6) is 0 Å². The molecule has 1 aromatic heterocycles. The van der Waals surface area contributed by atoms with Gasteiger partial charge in [0.15, 0.2) is 4.32 Å². The highest BCUT2D eigenvalue weighted by molar-refractivity contribution is 8.26. The van der Waals surface area contributed by atoms with Crippen molar-refractivity contribution in [3.63, 3.8) is 0 Å². The molecule has 4 rings (SSSR count). The van der Waals surface area contributed by atoms with Crippen LogP contribution in [0.2, 0.25) is 5.02 Å². The summed E-state index contributed by atoms with van der Waals surface area (Å²) in [6.07, 6.45) is 1.62. The van der Waals surface area contributed by atoms with Gasteiger partial charge in [0.05, 0.1) is 21.2 Å². The largest absolute Gasteiger partial charge is 0.478 e. The third-order valence-corrected chi connectivity index (χ3v) is 5.84. The first-order valence-corrected chi connectivity index (χ1v) is 10.3. The maximum atomic E-state index is 12.8. The molecule has 1 saturated heterocycles. The summed E-state index contributed by atoms with van der Waals surface area (Å²) in [5.74, 6) is -0.261. The number of carbonyl (C=O) groups is 2. The van der Waals surface area contributed by atoms with Gasteiger partial charge in [0, 0.05) is 11.6 Å². The SMILES string of the molecule is O=C(O)c1ccc(NN2C(=O)C(=Cc3ccc(-c4ccccc4Cl)o3)SC2=S)cc1. The monoisotopic (exact) mass is 456 g/mol. The first-order chi connectivity index (χ1) is 14.4. The number of thioether (sulfide) groups is 1. The molecule has 1 aliphatic rings. The molecular formula is C21H13ClN2O4S2. The molecule has 9 heteroatoms. The molecule has 0 bridgehead atoms. The van der Waals surface area contributed by atoms with Crippen LogP contribution in [-0.2, 0) is 4.79 Å². The molecule has 2 N–H and O–H groups in total. The molecule has 1 aliphatic heterocycles. The molecule has 2 aromatic carbocycles.